The molecule has 0 bridgehead atoms. The van der Waals surface area contributed by atoms with Gasteiger partial charge in [0.1, 0.15) is 17.3 Å². The standard InChI is InChI=1S/C13H16F2N2O/c1-7-5-17(6-8(7)2)13(18)9-3-10(14)12(16)11(15)4-9/h3-4,7-8H,5-6,16H2,1-2H3. The van der Waals surface area contributed by atoms with Crippen LogP contribution in [0.2, 0.25) is 0 Å². The molecule has 2 N–H and O–H groups in total. The van der Waals surface area contributed by atoms with Crippen LogP contribution in [0.5, 0.6) is 0 Å². The molecule has 1 aliphatic rings. The quantitative estimate of drug-likeness (QED) is 0.781. The molecule has 2 atom stereocenters. The van der Waals surface area contributed by atoms with Gasteiger partial charge in [-0.25, -0.2) is 8.78 Å². The molecule has 1 amide bonds. The summed E-state index contributed by atoms with van der Waals surface area (Å²) in [5.41, 5.74) is 4.64. The van der Waals surface area contributed by atoms with E-state index in [-0.39, 0.29) is 11.5 Å². The van der Waals surface area contributed by atoms with E-state index in [1.54, 1.807) is 4.90 Å². The average molecular weight is 254 g/mol. The van der Waals surface area contributed by atoms with Crippen molar-refractivity contribution in [1.82, 2.24) is 4.90 Å². The highest BCUT2D eigenvalue weighted by Gasteiger charge is 2.30. The van der Waals surface area contributed by atoms with Gasteiger partial charge in [0, 0.05) is 18.7 Å². The molecule has 1 aliphatic heterocycles. The van der Waals surface area contributed by atoms with Crippen molar-refractivity contribution in [1.29, 1.82) is 0 Å². The summed E-state index contributed by atoms with van der Waals surface area (Å²) in [4.78, 5) is 13.7. The van der Waals surface area contributed by atoms with Crippen molar-refractivity contribution >= 4 is 11.6 Å². The zero-order valence-corrected chi connectivity index (χ0v) is 10.4. The zero-order chi connectivity index (χ0) is 13.4. The number of amides is 1. The van der Waals surface area contributed by atoms with Crippen LogP contribution in [0.3, 0.4) is 0 Å². The molecule has 3 nitrogen and oxygen atoms in total. The van der Waals surface area contributed by atoms with Crippen molar-refractivity contribution in [2.45, 2.75) is 13.8 Å². The number of rotatable bonds is 1. The van der Waals surface area contributed by atoms with Gasteiger partial charge in [-0.15, -0.1) is 0 Å². The van der Waals surface area contributed by atoms with Gasteiger partial charge in [-0.05, 0) is 24.0 Å². The number of nitrogens with two attached hydrogens (primary N) is 1. The maximum atomic E-state index is 13.3. The summed E-state index contributed by atoms with van der Waals surface area (Å²) in [5.74, 6) is -1.32. The first-order chi connectivity index (χ1) is 8.40. The number of anilines is 1. The van der Waals surface area contributed by atoms with Crippen LogP contribution in [-0.2, 0) is 0 Å². The maximum Gasteiger partial charge on any atom is 0.254 e. The second kappa shape index (κ2) is 4.55. The van der Waals surface area contributed by atoms with Crippen molar-refractivity contribution in [3.05, 3.63) is 29.3 Å². The number of hydrogen-bond acceptors (Lipinski definition) is 2. The molecule has 0 aromatic heterocycles. The highest BCUT2D eigenvalue weighted by molar-refractivity contribution is 5.94. The largest absolute Gasteiger partial charge is 0.394 e. The minimum atomic E-state index is -0.890. The Morgan fingerprint density at radius 3 is 2.11 bits per heavy atom. The van der Waals surface area contributed by atoms with E-state index in [1.165, 1.54) is 0 Å². The van der Waals surface area contributed by atoms with Gasteiger partial charge in [0.15, 0.2) is 0 Å². The lowest BCUT2D eigenvalue weighted by molar-refractivity contribution is 0.0784. The zero-order valence-electron chi connectivity index (χ0n) is 10.4. The summed E-state index contributed by atoms with van der Waals surface area (Å²) < 4.78 is 26.6. The molecule has 1 heterocycles. The smallest absolute Gasteiger partial charge is 0.254 e. The van der Waals surface area contributed by atoms with E-state index < -0.39 is 17.3 Å². The lowest BCUT2D eigenvalue weighted by Gasteiger charge is -2.16. The van der Waals surface area contributed by atoms with E-state index in [4.69, 9.17) is 5.73 Å². The lowest BCUT2D eigenvalue weighted by Crippen LogP contribution is -2.29. The highest BCUT2D eigenvalue weighted by Crippen LogP contribution is 2.25. The third-order valence-corrected chi connectivity index (χ3v) is 3.60. The Labute approximate surface area is 105 Å². The number of benzene rings is 1. The molecule has 98 valence electrons. The fourth-order valence-corrected chi connectivity index (χ4v) is 2.19. The third kappa shape index (κ3) is 2.17. The van der Waals surface area contributed by atoms with Crippen LogP contribution in [-0.4, -0.2) is 23.9 Å². The van der Waals surface area contributed by atoms with Gasteiger partial charge in [0.05, 0.1) is 0 Å². The van der Waals surface area contributed by atoms with Gasteiger partial charge in [0.25, 0.3) is 5.91 Å². The molecule has 0 aliphatic carbocycles. The Morgan fingerprint density at radius 1 is 1.22 bits per heavy atom. The topological polar surface area (TPSA) is 46.3 Å². The van der Waals surface area contributed by atoms with Crippen LogP contribution >= 0.6 is 0 Å². The second-order valence-corrected chi connectivity index (χ2v) is 5.02. The molecule has 1 aromatic rings. The molecule has 2 unspecified atom stereocenters. The Bertz CT molecular complexity index is 457. The van der Waals surface area contributed by atoms with E-state index in [2.05, 4.69) is 13.8 Å². The number of nitrogens with zero attached hydrogens (tertiary/aromatic N) is 1. The molecule has 1 saturated heterocycles. The molecule has 18 heavy (non-hydrogen) atoms. The Kier molecular flexibility index (Phi) is 3.24. The molecule has 5 heteroatoms. The molecule has 0 saturated carbocycles. The minimum absolute atomic E-state index is 0.0144. The maximum absolute atomic E-state index is 13.3. The molecule has 0 spiro atoms. The fourth-order valence-electron chi connectivity index (χ4n) is 2.19. The van der Waals surface area contributed by atoms with Gasteiger partial charge in [0.2, 0.25) is 0 Å². The molecular formula is C13H16F2N2O. The van der Waals surface area contributed by atoms with Gasteiger partial charge >= 0.3 is 0 Å². The molecular weight excluding hydrogens is 238 g/mol. The summed E-state index contributed by atoms with van der Waals surface area (Å²) in [7, 11) is 0. The van der Waals surface area contributed by atoms with Crippen molar-refractivity contribution < 1.29 is 13.6 Å². The number of likely N-dealkylation sites (tertiary alicyclic amines) is 1. The van der Waals surface area contributed by atoms with E-state index in [0.717, 1.165) is 12.1 Å². The Hall–Kier alpha value is -1.65. The van der Waals surface area contributed by atoms with Crippen LogP contribution in [0.1, 0.15) is 24.2 Å². The van der Waals surface area contributed by atoms with Crippen molar-refractivity contribution in [2.75, 3.05) is 18.8 Å². The summed E-state index contributed by atoms with van der Waals surface area (Å²) in [6.45, 7) is 5.35. The Balaban J connectivity index is 2.25. The predicted octanol–water partition coefficient (Wildman–Crippen LogP) is 2.28. The molecule has 2 rings (SSSR count). The minimum Gasteiger partial charge on any atom is -0.394 e. The summed E-state index contributed by atoms with van der Waals surface area (Å²) >= 11 is 0. The first kappa shape index (κ1) is 12.8. The van der Waals surface area contributed by atoms with E-state index in [9.17, 15) is 13.6 Å². The average Bonchev–Trinajstić information content (AvgIpc) is 2.65. The number of hydrogen-bond donors (Lipinski definition) is 1. The number of halogens is 2. The predicted molar refractivity (Wildman–Crippen MR) is 65.0 cm³/mol. The lowest BCUT2D eigenvalue weighted by atomic mass is 10.0. The molecule has 1 aromatic carbocycles. The van der Waals surface area contributed by atoms with Gasteiger partial charge < -0.3 is 10.6 Å². The van der Waals surface area contributed by atoms with Crippen LogP contribution in [0.25, 0.3) is 0 Å². The number of nitrogen functional groups attached to an aromatic ring is 1. The van der Waals surface area contributed by atoms with Crippen molar-refractivity contribution in [2.24, 2.45) is 11.8 Å². The van der Waals surface area contributed by atoms with Crippen LogP contribution in [0.4, 0.5) is 14.5 Å². The summed E-state index contributed by atoms with van der Waals surface area (Å²) in [6.07, 6.45) is 0. The fraction of sp³-hybridized carbons (Fsp3) is 0.462. The number of carbonyl (C=O) groups is 1. The molecule has 0 radical (unpaired) electrons. The first-order valence-corrected chi connectivity index (χ1v) is 5.94. The van der Waals surface area contributed by atoms with Crippen LogP contribution < -0.4 is 5.73 Å². The van der Waals surface area contributed by atoms with Crippen molar-refractivity contribution in [3.8, 4) is 0 Å². The van der Waals surface area contributed by atoms with E-state index >= 15 is 0 Å². The van der Waals surface area contributed by atoms with E-state index in [1.807, 2.05) is 0 Å². The summed E-state index contributed by atoms with van der Waals surface area (Å²) in [6, 6.07) is 1.99. The van der Waals surface area contributed by atoms with Gasteiger partial charge in [-0.1, -0.05) is 13.8 Å². The van der Waals surface area contributed by atoms with Gasteiger partial charge in [-0.2, -0.15) is 0 Å². The molecule has 1 fully saturated rings. The summed E-state index contributed by atoms with van der Waals surface area (Å²) in [5, 5.41) is 0. The van der Waals surface area contributed by atoms with E-state index in [0.29, 0.717) is 24.9 Å². The van der Waals surface area contributed by atoms with Crippen LogP contribution in [0, 0.1) is 23.5 Å². The normalized spacial score (nSPS) is 23.4. The highest BCUT2D eigenvalue weighted by atomic mass is 19.1. The number of carbonyl (C=O) groups excluding carboxylic acids is 1. The second-order valence-electron chi connectivity index (χ2n) is 5.02. The van der Waals surface area contributed by atoms with Crippen LogP contribution in [0.15, 0.2) is 12.1 Å². The monoisotopic (exact) mass is 254 g/mol. The van der Waals surface area contributed by atoms with Crippen molar-refractivity contribution in [3.63, 3.8) is 0 Å². The first-order valence-electron chi connectivity index (χ1n) is 5.94. The third-order valence-electron chi connectivity index (χ3n) is 3.60. The SMILES string of the molecule is CC1CN(C(=O)c2cc(F)c(N)c(F)c2)CC1C. The van der Waals surface area contributed by atoms with Gasteiger partial charge in [-0.3, -0.25) is 4.79 Å². The Morgan fingerprint density at radius 2 is 1.67 bits per heavy atom.